The van der Waals surface area contributed by atoms with Crippen molar-refractivity contribution in [3.8, 4) is 11.5 Å². The zero-order chi connectivity index (χ0) is 14.0. The lowest BCUT2D eigenvalue weighted by atomic mass is 9.76. The van der Waals surface area contributed by atoms with E-state index >= 15 is 0 Å². The summed E-state index contributed by atoms with van der Waals surface area (Å²) in [4.78, 5) is 0. The minimum Gasteiger partial charge on any atom is -0.493 e. The molecule has 1 aliphatic carbocycles. The van der Waals surface area contributed by atoms with Crippen molar-refractivity contribution >= 4 is 0 Å². The van der Waals surface area contributed by atoms with Crippen LogP contribution in [-0.2, 0) is 5.54 Å². The molecule has 1 fully saturated rings. The predicted octanol–water partition coefficient (Wildman–Crippen LogP) is 3.44. The van der Waals surface area contributed by atoms with E-state index in [-0.39, 0.29) is 5.54 Å². The van der Waals surface area contributed by atoms with Crippen LogP contribution in [0.5, 0.6) is 11.5 Å². The molecule has 0 aliphatic heterocycles. The fraction of sp³-hybridized carbons (Fsp3) is 0.625. The van der Waals surface area contributed by atoms with Crippen LogP contribution < -0.4 is 15.2 Å². The van der Waals surface area contributed by atoms with E-state index in [1.165, 1.54) is 24.8 Å². The van der Waals surface area contributed by atoms with E-state index in [0.29, 0.717) is 0 Å². The van der Waals surface area contributed by atoms with Crippen LogP contribution >= 0.6 is 0 Å². The highest BCUT2D eigenvalue weighted by Gasteiger charge is 2.34. The summed E-state index contributed by atoms with van der Waals surface area (Å²) in [6.45, 7) is 4.16. The Morgan fingerprint density at radius 3 is 2.11 bits per heavy atom. The van der Waals surface area contributed by atoms with E-state index in [0.717, 1.165) is 35.5 Å². The van der Waals surface area contributed by atoms with Crippen molar-refractivity contribution in [1.29, 1.82) is 0 Å². The zero-order valence-electron chi connectivity index (χ0n) is 12.5. The monoisotopic (exact) mass is 263 g/mol. The predicted molar refractivity (Wildman–Crippen MR) is 78.0 cm³/mol. The maximum Gasteiger partial charge on any atom is 0.166 e. The minimum absolute atomic E-state index is 0.269. The molecule has 0 atom stereocenters. The third-order valence-electron chi connectivity index (χ3n) is 4.43. The Morgan fingerprint density at radius 2 is 1.58 bits per heavy atom. The van der Waals surface area contributed by atoms with E-state index in [4.69, 9.17) is 15.2 Å². The van der Waals surface area contributed by atoms with Crippen LogP contribution in [0.15, 0.2) is 6.07 Å². The van der Waals surface area contributed by atoms with Gasteiger partial charge in [0.1, 0.15) is 0 Å². The average Bonchev–Trinajstić information content (AvgIpc) is 2.41. The summed E-state index contributed by atoms with van der Waals surface area (Å²) in [6, 6.07) is 2.18. The molecule has 0 aromatic heterocycles. The Bertz CT molecular complexity index is 462. The second-order valence-electron chi connectivity index (χ2n) is 5.65. The van der Waals surface area contributed by atoms with Gasteiger partial charge < -0.3 is 15.2 Å². The number of benzene rings is 1. The lowest BCUT2D eigenvalue weighted by Gasteiger charge is -2.36. The van der Waals surface area contributed by atoms with E-state index in [1.807, 2.05) is 0 Å². The van der Waals surface area contributed by atoms with Crippen LogP contribution in [0.2, 0.25) is 0 Å². The zero-order valence-corrected chi connectivity index (χ0v) is 12.5. The molecule has 2 N–H and O–H groups in total. The summed E-state index contributed by atoms with van der Waals surface area (Å²) in [7, 11) is 3.39. The first kappa shape index (κ1) is 14.2. The first-order valence-electron chi connectivity index (χ1n) is 7.05. The highest BCUT2D eigenvalue weighted by atomic mass is 16.5. The van der Waals surface area contributed by atoms with Gasteiger partial charge in [-0.2, -0.15) is 0 Å². The number of nitrogens with two attached hydrogens (primary N) is 1. The topological polar surface area (TPSA) is 44.5 Å². The van der Waals surface area contributed by atoms with Gasteiger partial charge in [-0.05, 0) is 43.9 Å². The molecular weight excluding hydrogens is 238 g/mol. The standard InChI is InChI=1S/C16H25NO2/c1-11-10-13(16(17)8-6-5-7-9-16)15(19-4)14(18-3)12(11)2/h10H,5-9,17H2,1-4H3. The Labute approximate surface area is 116 Å². The van der Waals surface area contributed by atoms with Crippen molar-refractivity contribution < 1.29 is 9.47 Å². The van der Waals surface area contributed by atoms with Gasteiger partial charge in [0, 0.05) is 11.1 Å². The van der Waals surface area contributed by atoms with Crippen molar-refractivity contribution in [3.05, 3.63) is 22.8 Å². The fourth-order valence-electron chi connectivity index (χ4n) is 3.13. The molecule has 0 bridgehead atoms. The summed E-state index contributed by atoms with van der Waals surface area (Å²) in [5.41, 5.74) is 9.84. The maximum atomic E-state index is 6.66. The van der Waals surface area contributed by atoms with Crippen LogP contribution in [0.25, 0.3) is 0 Å². The van der Waals surface area contributed by atoms with Gasteiger partial charge in [-0.25, -0.2) is 0 Å². The first-order valence-corrected chi connectivity index (χ1v) is 7.05. The molecule has 0 spiro atoms. The van der Waals surface area contributed by atoms with Gasteiger partial charge >= 0.3 is 0 Å². The molecule has 0 unspecified atom stereocenters. The highest BCUT2D eigenvalue weighted by Crippen LogP contribution is 2.45. The van der Waals surface area contributed by atoms with Gasteiger partial charge in [-0.1, -0.05) is 19.3 Å². The van der Waals surface area contributed by atoms with Gasteiger partial charge in [-0.15, -0.1) is 0 Å². The van der Waals surface area contributed by atoms with Crippen LogP contribution in [0, 0.1) is 13.8 Å². The Kier molecular flexibility index (Phi) is 4.04. The van der Waals surface area contributed by atoms with Crippen molar-refractivity contribution in [3.63, 3.8) is 0 Å². The van der Waals surface area contributed by atoms with Gasteiger partial charge in [0.15, 0.2) is 11.5 Å². The molecule has 3 heteroatoms. The molecule has 1 aromatic rings. The van der Waals surface area contributed by atoms with E-state index in [9.17, 15) is 0 Å². The fourth-order valence-corrected chi connectivity index (χ4v) is 3.13. The molecule has 0 saturated heterocycles. The summed E-state index contributed by atoms with van der Waals surface area (Å²) in [5.74, 6) is 1.64. The minimum atomic E-state index is -0.269. The molecule has 1 aliphatic rings. The Hall–Kier alpha value is -1.22. The highest BCUT2D eigenvalue weighted by molar-refractivity contribution is 5.57. The maximum absolute atomic E-state index is 6.66. The van der Waals surface area contributed by atoms with Crippen LogP contribution in [0.4, 0.5) is 0 Å². The first-order chi connectivity index (χ1) is 9.03. The third-order valence-corrected chi connectivity index (χ3v) is 4.43. The molecule has 1 saturated carbocycles. The number of rotatable bonds is 3. The number of hydrogen-bond acceptors (Lipinski definition) is 3. The van der Waals surface area contributed by atoms with Crippen LogP contribution in [-0.4, -0.2) is 14.2 Å². The number of aryl methyl sites for hydroxylation is 1. The van der Waals surface area contributed by atoms with Crippen LogP contribution in [0.3, 0.4) is 0 Å². The van der Waals surface area contributed by atoms with Crippen molar-refractivity contribution in [1.82, 2.24) is 0 Å². The van der Waals surface area contributed by atoms with Crippen molar-refractivity contribution in [2.45, 2.75) is 51.5 Å². The molecule has 106 valence electrons. The van der Waals surface area contributed by atoms with E-state index in [2.05, 4.69) is 19.9 Å². The Morgan fingerprint density at radius 1 is 1.00 bits per heavy atom. The SMILES string of the molecule is COc1c(C2(N)CCCCC2)cc(C)c(C)c1OC. The molecular formula is C16H25NO2. The molecule has 0 heterocycles. The largest absolute Gasteiger partial charge is 0.493 e. The molecule has 3 nitrogen and oxygen atoms in total. The quantitative estimate of drug-likeness (QED) is 0.908. The van der Waals surface area contributed by atoms with E-state index in [1.54, 1.807) is 14.2 Å². The molecule has 19 heavy (non-hydrogen) atoms. The molecule has 0 radical (unpaired) electrons. The van der Waals surface area contributed by atoms with Crippen molar-refractivity contribution in [2.24, 2.45) is 5.73 Å². The lowest BCUT2D eigenvalue weighted by molar-refractivity contribution is 0.281. The van der Waals surface area contributed by atoms with E-state index < -0.39 is 0 Å². The van der Waals surface area contributed by atoms with Gasteiger partial charge in [0.2, 0.25) is 0 Å². The normalized spacial score (nSPS) is 18.2. The summed E-state index contributed by atoms with van der Waals surface area (Å²) in [6.07, 6.45) is 5.71. The third kappa shape index (κ3) is 2.44. The number of hydrogen-bond donors (Lipinski definition) is 1. The van der Waals surface area contributed by atoms with Gasteiger partial charge in [0.25, 0.3) is 0 Å². The van der Waals surface area contributed by atoms with Crippen molar-refractivity contribution in [2.75, 3.05) is 14.2 Å². The van der Waals surface area contributed by atoms with Gasteiger partial charge in [-0.3, -0.25) is 0 Å². The van der Waals surface area contributed by atoms with Gasteiger partial charge in [0.05, 0.1) is 14.2 Å². The lowest BCUT2D eigenvalue weighted by Crippen LogP contribution is -2.39. The molecule has 2 rings (SSSR count). The second-order valence-corrected chi connectivity index (χ2v) is 5.65. The average molecular weight is 263 g/mol. The summed E-state index contributed by atoms with van der Waals surface area (Å²) < 4.78 is 11.2. The Balaban J connectivity index is 2.58. The summed E-state index contributed by atoms with van der Waals surface area (Å²) in [5, 5.41) is 0. The molecule has 0 amide bonds. The number of methoxy groups -OCH3 is 2. The number of ether oxygens (including phenoxy) is 2. The smallest absolute Gasteiger partial charge is 0.166 e. The van der Waals surface area contributed by atoms with Crippen LogP contribution in [0.1, 0.15) is 48.8 Å². The molecule has 1 aromatic carbocycles. The summed E-state index contributed by atoms with van der Waals surface area (Å²) >= 11 is 0. The second kappa shape index (κ2) is 5.41.